The summed E-state index contributed by atoms with van der Waals surface area (Å²) in [6.07, 6.45) is 16.9. The van der Waals surface area contributed by atoms with Crippen LogP contribution in [0.4, 0.5) is 0 Å². The van der Waals surface area contributed by atoms with Gasteiger partial charge in [0.1, 0.15) is 21.9 Å². The lowest BCUT2D eigenvalue weighted by Gasteiger charge is -1.88. The first-order chi connectivity index (χ1) is 9.81. The molecule has 1 aliphatic rings. The van der Waals surface area contributed by atoms with E-state index in [9.17, 15) is 0 Å². The third-order valence-electron chi connectivity index (χ3n) is 1.90. The first-order valence-corrected chi connectivity index (χ1v) is 7.64. The van der Waals surface area contributed by atoms with Gasteiger partial charge in [0.25, 0.3) is 0 Å². The molecule has 0 aliphatic carbocycles. The molecule has 0 saturated carbocycles. The van der Waals surface area contributed by atoms with Gasteiger partial charge in [0.2, 0.25) is 0 Å². The molecule has 1 aliphatic heterocycles. The van der Waals surface area contributed by atoms with Crippen LogP contribution in [0.15, 0.2) is 68.7 Å². The van der Waals surface area contributed by atoms with Crippen LogP contribution in [0.1, 0.15) is 0 Å². The van der Waals surface area contributed by atoms with Crippen molar-refractivity contribution in [2.75, 3.05) is 0 Å². The van der Waals surface area contributed by atoms with Crippen LogP contribution in [0.2, 0.25) is 0 Å². The molecule has 0 aromatic heterocycles. The van der Waals surface area contributed by atoms with Gasteiger partial charge in [-0.1, -0.05) is 84.3 Å². The van der Waals surface area contributed by atoms with Crippen molar-refractivity contribution in [3.8, 4) is 12.1 Å². The fourth-order valence-corrected chi connectivity index (χ4v) is 3.17. The van der Waals surface area contributed by atoms with Gasteiger partial charge in [0, 0.05) is 5.37 Å². The van der Waals surface area contributed by atoms with Gasteiger partial charge in [-0.15, -0.1) is 0 Å². The molecule has 0 saturated heterocycles. The van der Waals surface area contributed by atoms with E-state index in [4.69, 9.17) is 10.5 Å². The zero-order valence-corrected chi connectivity index (χ0v) is 12.8. The van der Waals surface area contributed by atoms with E-state index in [2.05, 4.69) is 12.2 Å². The number of allylic oxidation sites excluding steroid dienone is 11. The lowest BCUT2D eigenvalue weighted by molar-refractivity contribution is 1.50. The summed E-state index contributed by atoms with van der Waals surface area (Å²) in [6, 6.07) is 4.05. The molecule has 0 atom stereocenters. The Hall–Kier alpha value is -1.79. The van der Waals surface area contributed by atoms with Crippen molar-refractivity contribution in [2.24, 2.45) is 0 Å². The molecule has 5 heteroatoms. The standard InChI is InChI=1S/C15H10N2S3/c16-11-13-14(12-17)20-15(19-13)9-7-5-3-1-2-4-6-8-10-18/h1-10H/b3-1+,4-2+,7-5+,8-6+. The first kappa shape index (κ1) is 16.3. The fourth-order valence-electron chi connectivity index (χ4n) is 1.09. The van der Waals surface area contributed by atoms with Crippen molar-refractivity contribution in [1.29, 1.82) is 10.5 Å². The Morgan fingerprint density at radius 1 is 0.750 bits per heavy atom. The van der Waals surface area contributed by atoms with Crippen molar-refractivity contribution in [2.45, 2.75) is 0 Å². The number of hydrogen-bond acceptors (Lipinski definition) is 5. The summed E-state index contributed by atoms with van der Waals surface area (Å²) in [5.74, 6) is 0. The van der Waals surface area contributed by atoms with E-state index in [0.29, 0.717) is 9.81 Å². The Morgan fingerprint density at radius 2 is 1.20 bits per heavy atom. The monoisotopic (exact) mass is 314 g/mol. The summed E-state index contributed by atoms with van der Waals surface area (Å²) in [5.41, 5.74) is 0. The van der Waals surface area contributed by atoms with Crippen LogP contribution in [-0.4, -0.2) is 5.37 Å². The fraction of sp³-hybridized carbons (Fsp3) is 0. The van der Waals surface area contributed by atoms with Gasteiger partial charge < -0.3 is 0 Å². The Morgan fingerprint density at radius 3 is 1.65 bits per heavy atom. The molecule has 1 rings (SSSR count). The van der Waals surface area contributed by atoms with E-state index < -0.39 is 0 Å². The Bertz CT molecular complexity index is 592. The van der Waals surface area contributed by atoms with E-state index in [1.165, 1.54) is 23.5 Å². The summed E-state index contributed by atoms with van der Waals surface area (Å²) < 4.78 is 0.933. The molecule has 0 amide bonds. The molecule has 0 unspecified atom stereocenters. The lowest BCUT2D eigenvalue weighted by atomic mass is 10.4. The van der Waals surface area contributed by atoms with Crippen LogP contribution in [0.5, 0.6) is 0 Å². The number of hydrogen-bond donors (Lipinski definition) is 0. The molecule has 0 aromatic carbocycles. The van der Waals surface area contributed by atoms with Gasteiger partial charge in [-0.2, -0.15) is 10.5 Å². The molecule has 1 heterocycles. The zero-order valence-electron chi connectivity index (χ0n) is 10.4. The normalized spacial score (nSPS) is 15.6. The predicted molar refractivity (Wildman–Crippen MR) is 91.7 cm³/mol. The van der Waals surface area contributed by atoms with Crippen LogP contribution < -0.4 is 0 Å². The van der Waals surface area contributed by atoms with Gasteiger partial charge in [0.15, 0.2) is 0 Å². The quantitative estimate of drug-likeness (QED) is 0.415. The average molecular weight is 314 g/mol. The molecule has 0 bridgehead atoms. The molecule has 0 aromatic rings. The van der Waals surface area contributed by atoms with Gasteiger partial charge in [-0.25, -0.2) is 0 Å². The molecular formula is C15H10N2S3. The molecule has 20 heavy (non-hydrogen) atoms. The summed E-state index contributed by atoms with van der Waals surface area (Å²) >= 11 is 7.30. The number of nitrogens with zero attached hydrogens (tertiary/aromatic N) is 2. The summed E-state index contributed by atoms with van der Waals surface area (Å²) in [5, 5.41) is 19.2. The van der Waals surface area contributed by atoms with Crippen molar-refractivity contribution in [3.63, 3.8) is 0 Å². The maximum atomic E-state index is 8.84. The van der Waals surface area contributed by atoms with Crippen molar-refractivity contribution in [3.05, 3.63) is 68.7 Å². The molecule has 0 spiro atoms. The highest BCUT2D eigenvalue weighted by Gasteiger charge is 2.19. The highest BCUT2D eigenvalue weighted by Crippen LogP contribution is 2.48. The Labute approximate surface area is 132 Å². The smallest absolute Gasteiger partial charge is 0.115 e. The third-order valence-corrected chi connectivity index (χ3v) is 4.36. The zero-order chi connectivity index (χ0) is 14.6. The highest BCUT2D eigenvalue weighted by molar-refractivity contribution is 8.28. The Balaban J connectivity index is 2.45. The number of rotatable bonds is 5. The number of thiocarbonyl (C=S) groups is 1. The van der Waals surface area contributed by atoms with E-state index >= 15 is 0 Å². The third kappa shape index (κ3) is 5.90. The van der Waals surface area contributed by atoms with E-state index in [0.717, 1.165) is 4.24 Å². The van der Waals surface area contributed by atoms with Crippen molar-refractivity contribution in [1.82, 2.24) is 0 Å². The molecule has 98 valence electrons. The molecule has 0 radical (unpaired) electrons. The lowest BCUT2D eigenvalue weighted by Crippen LogP contribution is -1.66. The average Bonchev–Trinajstić information content (AvgIpc) is 2.88. The van der Waals surface area contributed by atoms with Crippen LogP contribution in [0.25, 0.3) is 0 Å². The molecular weight excluding hydrogens is 304 g/mol. The van der Waals surface area contributed by atoms with Crippen molar-refractivity contribution >= 4 is 41.1 Å². The molecule has 2 nitrogen and oxygen atoms in total. The van der Waals surface area contributed by atoms with Gasteiger partial charge in [-0.05, 0) is 6.08 Å². The first-order valence-electron chi connectivity index (χ1n) is 5.54. The number of nitriles is 2. The van der Waals surface area contributed by atoms with E-state index in [1.54, 1.807) is 11.4 Å². The van der Waals surface area contributed by atoms with E-state index in [-0.39, 0.29) is 0 Å². The minimum atomic E-state index is 0.473. The van der Waals surface area contributed by atoms with Gasteiger partial charge >= 0.3 is 0 Å². The summed E-state index contributed by atoms with van der Waals surface area (Å²) in [4.78, 5) is 0.946. The second-order valence-corrected chi connectivity index (χ2v) is 5.88. The summed E-state index contributed by atoms with van der Waals surface area (Å²) in [6.45, 7) is 0. The SMILES string of the molecule is N#CC1=C(C#N)SC(=C/C=C/C=C/C=C/C=C/C=S)S1. The summed E-state index contributed by atoms with van der Waals surface area (Å²) in [7, 11) is 0. The van der Waals surface area contributed by atoms with Crippen LogP contribution in [-0.2, 0) is 0 Å². The highest BCUT2D eigenvalue weighted by atomic mass is 32.2. The number of thioether (sulfide) groups is 2. The second-order valence-electron chi connectivity index (χ2n) is 3.25. The predicted octanol–water partition coefficient (Wildman–Crippen LogP) is 4.79. The maximum Gasteiger partial charge on any atom is 0.115 e. The molecule has 0 N–H and O–H groups in total. The minimum absolute atomic E-state index is 0.473. The van der Waals surface area contributed by atoms with Gasteiger partial charge in [0.05, 0.1) is 4.24 Å². The second kappa shape index (κ2) is 10.1. The topological polar surface area (TPSA) is 47.6 Å². The van der Waals surface area contributed by atoms with Crippen molar-refractivity contribution < 1.29 is 0 Å². The van der Waals surface area contributed by atoms with Crippen LogP contribution >= 0.6 is 35.7 Å². The van der Waals surface area contributed by atoms with Gasteiger partial charge in [-0.3, -0.25) is 0 Å². The molecule has 0 fully saturated rings. The van der Waals surface area contributed by atoms with Crippen LogP contribution in [0, 0.1) is 22.7 Å². The van der Waals surface area contributed by atoms with Crippen LogP contribution in [0.3, 0.4) is 0 Å². The van der Waals surface area contributed by atoms with E-state index in [1.807, 2.05) is 60.7 Å². The minimum Gasteiger partial charge on any atom is -0.192 e. The Kier molecular flexibility index (Phi) is 8.17. The largest absolute Gasteiger partial charge is 0.192 e. The maximum absolute atomic E-state index is 8.84.